The lowest BCUT2D eigenvalue weighted by Gasteiger charge is -2.34. The average molecular weight is 484 g/mol. The van der Waals surface area contributed by atoms with Crippen LogP contribution in [0.5, 0.6) is 5.75 Å². The number of imidazole rings is 1. The van der Waals surface area contributed by atoms with E-state index >= 15 is 0 Å². The van der Waals surface area contributed by atoms with Crippen LogP contribution in [0.4, 0.5) is 5.69 Å². The van der Waals surface area contributed by atoms with Gasteiger partial charge in [-0.25, -0.2) is 9.97 Å². The highest BCUT2D eigenvalue weighted by Crippen LogP contribution is 2.46. The molecule has 5 rings (SSSR count). The summed E-state index contributed by atoms with van der Waals surface area (Å²) in [6, 6.07) is 8.68. The number of benzene rings is 1. The standard InChI is InChI=1S/C22H25N7O4S/c23-21-20-17(26-34(31,32)27-21)4-1-5-18(20)33-13-15-3-2-9-28(12-15)22(30)16-6-7-25-19(11-16)29-10-8-24-14-29/h1,4-8,10-11,14-15,26,31-32H,2-3,9,12-13H2,(H2,23,27). The Balaban J connectivity index is 1.26. The number of nitrogens with zero attached hydrogens (tertiary/aromatic N) is 5. The Morgan fingerprint density at radius 3 is 3.00 bits per heavy atom. The molecule has 0 bridgehead atoms. The van der Waals surface area contributed by atoms with Crippen molar-refractivity contribution in [3.63, 3.8) is 0 Å². The lowest BCUT2D eigenvalue weighted by Crippen LogP contribution is -2.41. The molecule has 1 atom stereocenters. The van der Waals surface area contributed by atoms with Crippen LogP contribution in [-0.2, 0) is 0 Å². The van der Waals surface area contributed by atoms with E-state index in [1.165, 1.54) is 0 Å². The number of fused-ring (bicyclic) bond motifs is 1. The van der Waals surface area contributed by atoms with Crippen LogP contribution < -0.4 is 15.2 Å². The third-order valence-electron chi connectivity index (χ3n) is 5.80. The quantitative estimate of drug-likeness (QED) is 0.432. The summed E-state index contributed by atoms with van der Waals surface area (Å²) >= 11 is 0. The number of rotatable bonds is 5. The van der Waals surface area contributed by atoms with Gasteiger partial charge < -0.3 is 15.4 Å². The third kappa shape index (κ3) is 4.55. The highest BCUT2D eigenvalue weighted by molar-refractivity contribution is 8.24. The Morgan fingerprint density at radius 1 is 1.29 bits per heavy atom. The molecule has 4 heterocycles. The van der Waals surface area contributed by atoms with Crippen molar-refractivity contribution in [1.82, 2.24) is 19.4 Å². The zero-order valence-corrected chi connectivity index (χ0v) is 19.1. The maximum Gasteiger partial charge on any atom is 0.254 e. The van der Waals surface area contributed by atoms with Gasteiger partial charge in [0.2, 0.25) is 0 Å². The molecule has 3 aromatic rings. The van der Waals surface area contributed by atoms with Crippen molar-refractivity contribution in [3.05, 3.63) is 66.4 Å². The monoisotopic (exact) mass is 483 g/mol. The summed E-state index contributed by atoms with van der Waals surface area (Å²) in [5.74, 6) is 1.24. The second-order valence-corrected chi connectivity index (χ2v) is 9.64. The van der Waals surface area contributed by atoms with Gasteiger partial charge >= 0.3 is 0 Å². The van der Waals surface area contributed by atoms with Crippen LogP contribution in [0.15, 0.2) is 59.6 Å². The van der Waals surface area contributed by atoms with E-state index in [4.69, 9.17) is 10.5 Å². The number of hydrogen-bond donors (Lipinski definition) is 4. The number of anilines is 1. The van der Waals surface area contributed by atoms with Gasteiger partial charge in [0.15, 0.2) is 5.84 Å². The highest BCUT2D eigenvalue weighted by Gasteiger charge is 2.28. The molecule has 11 nitrogen and oxygen atoms in total. The number of amidine groups is 1. The zero-order chi connectivity index (χ0) is 23.7. The van der Waals surface area contributed by atoms with Crippen molar-refractivity contribution in [2.45, 2.75) is 12.8 Å². The van der Waals surface area contributed by atoms with E-state index < -0.39 is 11.0 Å². The highest BCUT2D eigenvalue weighted by atomic mass is 32.3. The minimum Gasteiger partial charge on any atom is -0.492 e. The van der Waals surface area contributed by atoms with Gasteiger partial charge in [0.25, 0.3) is 5.91 Å². The van der Waals surface area contributed by atoms with Crippen molar-refractivity contribution >= 4 is 28.4 Å². The lowest BCUT2D eigenvalue weighted by molar-refractivity contribution is 0.0633. The van der Waals surface area contributed by atoms with E-state index in [0.29, 0.717) is 48.1 Å². The van der Waals surface area contributed by atoms with E-state index in [0.717, 1.165) is 12.8 Å². The van der Waals surface area contributed by atoms with E-state index in [-0.39, 0.29) is 17.7 Å². The second-order valence-electron chi connectivity index (χ2n) is 8.22. The molecule has 1 amide bonds. The number of nitrogens with one attached hydrogen (secondary N) is 1. The minimum absolute atomic E-state index is 0.0104. The molecule has 178 valence electrons. The Hall–Kier alpha value is -3.61. The molecule has 1 saturated heterocycles. The number of amides is 1. The van der Waals surface area contributed by atoms with E-state index in [1.54, 1.807) is 59.8 Å². The van der Waals surface area contributed by atoms with Gasteiger partial charge in [0.1, 0.15) is 17.9 Å². The fraction of sp³-hybridized carbons (Fsp3) is 0.273. The predicted octanol–water partition coefficient (Wildman–Crippen LogP) is 2.91. The van der Waals surface area contributed by atoms with Crippen LogP contribution in [0.1, 0.15) is 28.8 Å². The molecule has 5 N–H and O–H groups in total. The van der Waals surface area contributed by atoms with Gasteiger partial charge in [0, 0.05) is 43.2 Å². The van der Waals surface area contributed by atoms with Gasteiger partial charge in [-0.1, -0.05) is 6.07 Å². The van der Waals surface area contributed by atoms with Crippen LogP contribution in [0.2, 0.25) is 0 Å². The molecule has 2 aliphatic rings. The maximum atomic E-state index is 13.2. The Labute approximate surface area is 197 Å². The van der Waals surface area contributed by atoms with Crippen molar-refractivity contribution in [3.8, 4) is 11.6 Å². The van der Waals surface area contributed by atoms with Gasteiger partial charge in [-0.3, -0.25) is 23.2 Å². The summed E-state index contributed by atoms with van der Waals surface area (Å²) in [5, 5.41) is 0. The number of aromatic nitrogens is 3. The summed E-state index contributed by atoms with van der Waals surface area (Å²) in [6.45, 7) is 1.64. The number of piperidine rings is 1. The van der Waals surface area contributed by atoms with Crippen LogP contribution in [0.25, 0.3) is 5.82 Å². The first-order chi connectivity index (χ1) is 16.4. The normalized spacial score (nSPS) is 20.0. The molecule has 1 aromatic carbocycles. The number of hydrogen-bond acceptors (Lipinski definition) is 9. The predicted molar refractivity (Wildman–Crippen MR) is 129 cm³/mol. The molecular formula is C22H25N7O4S. The number of likely N-dealkylation sites (tertiary alicyclic amines) is 1. The molecular weight excluding hydrogens is 458 g/mol. The van der Waals surface area contributed by atoms with Crippen LogP contribution in [0, 0.1) is 5.92 Å². The molecule has 0 aliphatic carbocycles. The fourth-order valence-corrected chi connectivity index (χ4v) is 5.09. The van der Waals surface area contributed by atoms with Crippen LogP contribution in [0.3, 0.4) is 0 Å². The summed E-state index contributed by atoms with van der Waals surface area (Å²) in [6.07, 6.45) is 8.51. The fourth-order valence-electron chi connectivity index (χ4n) is 4.22. The second kappa shape index (κ2) is 8.97. The molecule has 0 radical (unpaired) electrons. The molecule has 0 saturated carbocycles. The summed E-state index contributed by atoms with van der Waals surface area (Å²) < 4.78 is 33.8. The summed E-state index contributed by atoms with van der Waals surface area (Å²) in [7, 11) is -3.35. The number of pyridine rings is 1. The Morgan fingerprint density at radius 2 is 2.18 bits per heavy atom. The van der Waals surface area contributed by atoms with Crippen molar-refractivity contribution in [2.75, 3.05) is 24.4 Å². The molecule has 0 spiro atoms. The van der Waals surface area contributed by atoms with Crippen molar-refractivity contribution in [1.29, 1.82) is 0 Å². The molecule has 1 unspecified atom stereocenters. The van der Waals surface area contributed by atoms with Gasteiger partial charge in [-0.15, -0.1) is 4.40 Å². The molecule has 2 aromatic heterocycles. The van der Waals surface area contributed by atoms with Crippen molar-refractivity contribution in [2.24, 2.45) is 16.0 Å². The molecule has 1 fully saturated rings. The number of ether oxygens (including phenoxy) is 1. The lowest BCUT2D eigenvalue weighted by atomic mass is 9.98. The molecule has 12 heteroatoms. The topological polar surface area (TPSA) is 151 Å². The molecule has 2 aliphatic heterocycles. The Bertz CT molecular complexity index is 1230. The van der Waals surface area contributed by atoms with Gasteiger partial charge in [-0.2, -0.15) is 0 Å². The number of carbonyl (C=O) groups excluding carboxylic acids is 1. The number of nitrogens with two attached hydrogens (primary N) is 1. The summed E-state index contributed by atoms with van der Waals surface area (Å²) in [4.78, 5) is 23.4. The average Bonchev–Trinajstić information content (AvgIpc) is 3.37. The Kier molecular flexibility index (Phi) is 5.86. The van der Waals surface area contributed by atoms with Gasteiger partial charge in [0.05, 0.1) is 17.9 Å². The smallest absolute Gasteiger partial charge is 0.254 e. The van der Waals surface area contributed by atoms with E-state index in [9.17, 15) is 13.9 Å². The van der Waals surface area contributed by atoms with Crippen LogP contribution in [-0.4, -0.2) is 60.0 Å². The first-order valence-corrected chi connectivity index (χ1v) is 12.3. The van der Waals surface area contributed by atoms with E-state index in [2.05, 4.69) is 19.1 Å². The minimum atomic E-state index is -3.35. The van der Waals surface area contributed by atoms with Crippen LogP contribution >= 0.6 is 11.0 Å². The first-order valence-electron chi connectivity index (χ1n) is 10.8. The zero-order valence-electron chi connectivity index (χ0n) is 18.2. The SMILES string of the molecule is NC1=NS(O)(O)Nc2cccc(OCC3CCCN(C(=O)c4ccnc(-n5ccnc5)c4)C3)c21. The number of carbonyl (C=O) groups is 1. The van der Waals surface area contributed by atoms with Crippen molar-refractivity contribution < 1.29 is 18.6 Å². The summed E-state index contributed by atoms with van der Waals surface area (Å²) in [5.41, 5.74) is 7.50. The third-order valence-corrected chi connectivity index (χ3v) is 6.74. The largest absolute Gasteiger partial charge is 0.492 e. The first kappa shape index (κ1) is 22.2. The molecule has 34 heavy (non-hydrogen) atoms. The van der Waals surface area contributed by atoms with E-state index in [1.807, 2.05) is 4.90 Å². The van der Waals surface area contributed by atoms with Gasteiger partial charge in [-0.05, 0) is 48.1 Å². The maximum absolute atomic E-state index is 13.2.